The first kappa shape index (κ1) is 5.92. The second-order valence-electron chi connectivity index (χ2n) is 1.95. The van der Waals surface area contributed by atoms with Gasteiger partial charge in [0, 0.05) is 13.2 Å². The lowest BCUT2D eigenvalue weighted by atomic mass is 10.3. The fourth-order valence-electron chi connectivity index (χ4n) is 0.581. The lowest BCUT2D eigenvalue weighted by molar-refractivity contribution is 0.265. The molecule has 0 fully saturated rings. The Kier molecular flexibility index (Phi) is 1.45. The Bertz CT molecular complexity index is 122. The summed E-state index contributed by atoms with van der Waals surface area (Å²) in [5.41, 5.74) is 2.96. The van der Waals surface area contributed by atoms with Crippen LogP contribution < -0.4 is 5.43 Å². The molecule has 0 aromatic heterocycles. The molecule has 1 unspecified atom stereocenters. The van der Waals surface area contributed by atoms with E-state index in [2.05, 4.69) is 5.43 Å². The molecule has 8 heavy (non-hydrogen) atoms. The molecule has 0 bridgehead atoms. The van der Waals surface area contributed by atoms with Gasteiger partial charge in [0.05, 0.1) is 11.1 Å². The van der Waals surface area contributed by atoms with Crippen LogP contribution in [0.5, 0.6) is 0 Å². The van der Waals surface area contributed by atoms with Crippen LogP contribution >= 0.6 is 11.6 Å². The number of hydrazine groups is 1. The van der Waals surface area contributed by atoms with E-state index in [1.807, 2.05) is 19.0 Å². The number of hydrogen-bond acceptors (Lipinski definition) is 2. The number of hydrogen-bond donors (Lipinski definition) is 1. The van der Waals surface area contributed by atoms with Crippen molar-refractivity contribution in [3.05, 3.63) is 11.2 Å². The third-order valence-corrected chi connectivity index (χ3v) is 1.81. The van der Waals surface area contributed by atoms with Crippen molar-refractivity contribution >= 4 is 11.6 Å². The van der Waals surface area contributed by atoms with Gasteiger partial charge in [-0.25, -0.2) is 5.01 Å². The van der Waals surface area contributed by atoms with Crippen molar-refractivity contribution in [2.45, 2.75) is 13.0 Å². The van der Waals surface area contributed by atoms with Gasteiger partial charge in [0.15, 0.2) is 0 Å². The second kappa shape index (κ2) is 1.96. The van der Waals surface area contributed by atoms with Gasteiger partial charge in [0.2, 0.25) is 0 Å². The summed E-state index contributed by atoms with van der Waals surface area (Å²) < 4.78 is 0. The maximum absolute atomic E-state index is 5.71. The highest BCUT2D eigenvalue weighted by molar-refractivity contribution is 6.30. The van der Waals surface area contributed by atoms with Gasteiger partial charge in [0.25, 0.3) is 0 Å². The molecule has 0 amide bonds. The molecule has 0 saturated heterocycles. The summed E-state index contributed by atoms with van der Waals surface area (Å²) >= 11 is 5.71. The van der Waals surface area contributed by atoms with E-state index < -0.39 is 0 Å². The minimum Gasteiger partial charge on any atom is -0.325 e. The van der Waals surface area contributed by atoms with Gasteiger partial charge >= 0.3 is 0 Å². The van der Waals surface area contributed by atoms with Crippen molar-refractivity contribution in [2.75, 3.05) is 7.05 Å². The molecule has 0 aromatic carbocycles. The lowest BCUT2D eigenvalue weighted by Gasteiger charge is -2.14. The molecule has 0 aromatic rings. The summed E-state index contributed by atoms with van der Waals surface area (Å²) in [5, 5.41) is 2.81. The molecule has 0 aliphatic carbocycles. The molecule has 0 radical (unpaired) electrons. The van der Waals surface area contributed by atoms with Gasteiger partial charge in [-0.05, 0) is 6.92 Å². The van der Waals surface area contributed by atoms with Crippen LogP contribution in [0.25, 0.3) is 0 Å². The largest absolute Gasteiger partial charge is 0.325 e. The Hall–Kier alpha value is -0.210. The van der Waals surface area contributed by atoms with E-state index in [1.165, 1.54) is 0 Å². The molecule has 1 atom stereocenters. The average molecular weight is 133 g/mol. The summed E-state index contributed by atoms with van der Waals surface area (Å²) in [4.78, 5) is 0. The maximum atomic E-state index is 5.71. The third-order valence-electron chi connectivity index (χ3n) is 1.39. The number of halogens is 1. The third kappa shape index (κ3) is 0.812. The standard InChI is InChI=1S/C5H9ClN2/c1-4-5(6)3-7-8(4)2/h3-4,7H,1-2H3. The van der Waals surface area contributed by atoms with Gasteiger partial charge in [-0.2, -0.15) is 0 Å². The van der Waals surface area contributed by atoms with Crippen molar-refractivity contribution < 1.29 is 0 Å². The lowest BCUT2D eigenvalue weighted by Crippen LogP contribution is -2.31. The number of likely N-dealkylation sites (N-methyl/N-ethyl adjacent to an activating group) is 1. The zero-order valence-corrected chi connectivity index (χ0v) is 5.74. The van der Waals surface area contributed by atoms with Crippen molar-refractivity contribution in [1.82, 2.24) is 10.4 Å². The predicted octanol–water partition coefficient (Wildman–Crippen LogP) is 0.905. The van der Waals surface area contributed by atoms with E-state index in [1.54, 1.807) is 6.20 Å². The van der Waals surface area contributed by atoms with Crippen LogP contribution in [0.4, 0.5) is 0 Å². The van der Waals surface area contributed by atoms with Crippen molar-refractivity contribution in [1.29, 1.82) is 0 Å². The Balaban J connectivity index is 2.59. The highest BCUT2D eigenvalue weighted by Crippen LogP contribution is 2.15. The van der Waals surface area contributed by atoms with Gasteiger partial charge in [0.1, 0.15) is 0 Å². The molecular weight excluding hydrogens is 124 g/mol. The van der Waals surface area contributed by atoms with Crippen molar-refractivity contribution in [3.63, 3.8) is 0 Å². The van der Waals surface area contributed by atoms with E-state index in [0.717, 1.165) is 5.03 Å². The summed E-state index contributed by atoms with van der Waals surface area (Å²) in [7, 11) is 1.95. The van der Waals surface area contributed by atoms with Crippen LogP contribution in [-0.2, 0) is 0 Å². The van der Waals surface area contributed by atoms with E-state index in [-0.39, 0.29) is 0 Å². The Morgan fingerprint density at radius 3 is 2.62 bits per heavy atom. The van der Waals surface area contributed by atoms with Crippen LogP contribution in [0, 0.1) is 0 Å². The summed E-state index contributed by atoms with van der Waals surface area (Å²) in [5.74, 6) is 0. The highest BCUT2D eigenvalue weighted by Gasteiger charge is 2.16. The Morgan fingerprint density at radius 2 is 2.50 bits per heavy atom. The monoisotopic (exact) mass is 132 g/mol. The fourth-order valence-corrected chi connectivity index (χ4v) is 0.776. The van der Waals surface area contributed by atoms with Crippen LogP contribution in [0.3, 0.4) is 0 Å². The number of nitrogens with zero attached hydrogens (tertiary/aromatic N) is 1. The second-order valence-corrected chi connectivity index (χ2v) is 2.38. The molecule has 1 aliphatic rings. The van der Waals surface area contributed by atoms with Crippen molar-refractivity contribution in [2.24, 2.45) is 0 Å². The highest BCUT2D eigenvalue weighted by atomic mass is 35.5. The fraction of sp³-hybridized carbons (Fsp3) is 0.600. The Morgan fingerprint density at radius 1 is 1.88 bits per heavy atom. The molecule has 46 valence electrons. The van der Waals surface area contributed by atoms with Crippen LogP contribution in [0.2, 0.25) is 0 Å². The van der Waals surface area contributed by atoms with Crippen LogP contribution in [0.15, 0.2) is 11.2 Å². The minimum atomic E-state index is 0.330. The summed E-state index contributed by atoms with van der Waals surface area (Å²) in [6.07, 6.45) is 1.80. The molecule has 0 saturated carbocycles. The molecule has 2 nitrogen and oxygen atoms in total. The van der Waals surface area contributed by atoms with Crippen molar-refractivity contribution in [3.8, 4) is 0 Å². The summed E-state index contributed by atoms with van der Waals surface area (Å²) in [6.45, 7) is 2.04. The maximum Gasteiger partial charge on any atom is 0.0630 e. The van der Waals surface area contributed by atoms with Gasteiger partial charge < -0.3 is 5.43 Å². The molecule has 3 heteroatoms. The molecular formula is C5H9ClN2. The molecule has 1 N–H and O–H groups in total. The quantitative estimate of drug-likeness (QED) is 0.527. The smallest absolute Gasteiger partial charge is 0.0630 e. The molecule has 1 heterocycles. The van der Waals surface area contributed by atoms with E-state index in [0.29, 0.717) is 6.04 Å². The topological polar surface area (TPSA) is 15.3 Å². The predicted molar refractivity (Wildman–Crippen MR) is 34.3 cm³/mol. The van der Waals surface area contributed by atoms with Crippen LogP contribution in [-0.4, -0.2) is 18.1 Å². The zero-order chi connectivity index (χ0) is 6.15. The number of rotatable bonds is 0. The summed E-state index contributed by atoms with van der Waals surface area (Å²) in [6, 6.07) is 0.330. The Labute approximate surface area is 54.1 Å². The van der Waals surface area contributed by atoms with Gasteiger partial charge in [-0.3, -0.25) is 0 Å². The minimum absolute atomic E-state index is 0.330. The van der Waals surface area contributed by atoms with E-state index in [9.17, 15) is 0 Å². The first-order valence-corrected chi connectivity index (χ1v) is 2.94. The molecule has 1 rings (SSSR count). The van der Waals surface area contributed by atoms with Gasteiger partial charge in [-0.1, -0.05) is 11.6 Å². The normalized spacial score (nSPS) is 29.9. The molecule has 0 spiro atoms. The van der Waals surface area contributed by atoms with E-state index in [4.69, 9.17) is 11.6 Å². The SMILES string of the molecule is CC1C(Cl)=CNN1C. The first-order chi connectivity index (χ1) is 3.72. The van der Waals surface area contributed by atoms with Gasteiger partial charge in [-0.15, -0.1) is 0 Å². The zero-order valence-electron chi connectivity index (χ0n) is 4.98. The van der Waals surface area contributed by atoms with Crippen LogP contribution in [0.1, 0.15) is 6.92 Å². The average Bonchev–Trinajstić information content (AvgIpc) is 1.98. The first-order valence-electron chi connectivity index (χ1n) is 2.56. The van der Waals surface area contributed by atoms with E-state index >= 15 is 0 Å². The molecule has 1 aliphatic heterocycles. The number of nitrogens with one attached hydrogen (secondary N) is 1.